The summed E-state index contributed by atoms with van der Waals surface area (Å²) in [6.45, 7) is 3.15. The Morgan fingerprint density at radius 2 is 1.84 bits per heavy atom. The van der Waals surface area contributed by atoms with E-state index in [0.29, 0.717) is 31.0 Å². The normalized spacial score (nSPS) is 14.4. The fraction of sp³-hybridized carbons (Fsp3) is 0.333. The van der Waals surface area contributed by atoms with E-state index in [4.69, 9.17) is 9.15 Å². The fourth-order valence-corrected chi connectivity index (χ4v) is 3.76. The van der Waals surface area contributed by atoms with Gasteiger partial charge in [-0.1, -0.05) is 0 Å². The van der Waals surface area contributed by atoms with Gasteiger partial charge in [0.25, 0.3) is 0 Å². The minimum absolute atomic E-state index is 0.109. The molecule has 2 heterocycles. The summed E-state index contributed by atoms with van der Waals surface area (Å²) >= 11 is 0. The molecule has 0 bridgehead atoms. The monoisotopic (exact) mass is 423 g/mol. The van der Waals surface area contributed by atoms with Crippen LogP contribution in [-0.4, -0.2) is 49.1 Å². The lowest BCUT2D eigenvalue weighted by Crippen LogP contribution is -2.35. The number of aromatic nitrogens is 1. The molecule has 2 aromatic carbocycles. The molecular formula is C24H26FN3O3. The van der Waals surface area contributed by atoms with E-state index in [-0.39, 0.29) is 11.7 Å². The molecule has 1 aromatic heterocycles. The maximum atomic E-state index is 13.1. The van der Waals surface area contributed by atoms with Crippen molar-refractivity contribution < 1.29 is 18.3 Å². The molecule has 162 valence electrons. The van der Waals surface area contributed by atoms with E-state index < -0.39 is 0 Å². The second kappa shape index (κ2) is 9.64. The molecule has 1 saturated heterocycles. The Labute approximate surface area is 181 Å². The SMILES string of the molecule is COc1ccc(N2CCCN(C(=O)CCc3ncc(-c4ccc(F)cc4)o3)CC2)cc1. The van der Waals surface area contributed by atoms with Crippen molar-refractivity contribution in [3.8, 4) is 17.1 Å². The number of hydrogen-bond acceptors (Lipinski definition) is 5. The summed E-state index contributed by atoms with van der Waals surface area (Å²) in [7, 11) is 1.66. The predicted octanol–water partition coefficient (Wildman–Crippen LogP) is 4.16. The van der Waals surface area contributed by atoms with Crippen molar-refractivity contribution in [1.82, 2.24) is 9.88 Å². The number of ether oxygens (including phenoxy) is 1. The number of carbonyl (C=O) groups excluding carboxylic acids is 1. The molecule has 0 saturated carbocycles. The molecule has 0 radical (unpaired) electrons. The van der Waals surface area contributed by atoms with E-state index in [1.54, 1.807) is 25.4 Å². The molecule has 1 aliphatic heterocycles. The van der Waals surface area contributed by atoms with Crippen LogP contribution in [0.1, 0.15) is 18.7 Å². The summed E-state index contributed by atoms with van der Waals surface area (Å²) < 4.78 is 24.0. The number of carbonyl (C=O) groups is 1. The highest BCUT2D eigenvalue weighted by molar-refractivity contribution is 5.76. The second-order valence-corrected chi connectivity index (χ2v) is 7.54. The zero-order valence-corrected chi connectivity index (χ0v) is 17.6. The van der Waals surface area contributed by atoms with E-state index >= 15 is 0 Å². The Morgan fingerprint density at radius 3 is 2.58 bits per heavy atom. The van der Waals surface area contributed by atoms with E-state index in [9.17, 15) is 9.18 Å². The van der Waals surface area contributed by atoms with Gasteiger partial charge in [0, 0.05) is 50.3 Å². The predicted molar refractivity (Wildman–Crippen MR) is 117 cm³/mol. The first-order valence-corrected chi connectivity index (χ1v) is 10.5. The largest absolute Gasteiger partial charge is 0.497 e. The average Bonchev–Trinajstić information content (AvgIpc) is 3.14. The van der Waals surface area contributed by atoms with Crippen LogP contribution < -0.4 is 9.64 Å². The summed E-state index contributed by atoms with van der Waals surface area (Å²) in [6.07, 6.45) is 3.34. The fourth-order valence-electron chi connectivity index (χ4n) is 3.76. The topological polar surface area (TPSA) is 58.8 Å². The van der Waals surface area contributed by atoms with Crippen molar-refractivity contribution >= 4 is 11.6 Å². The number of methoxy groups -OCH3 is 1. The van der Waals surface area contributed by atoms with Gasteiger partial charge in [0.15, 0.2) is 11.7 Å². The van der Waals surface area contributed by atoms with E-state index in [2.05, 4.69) is 22.0 Å². The summed E-state index contributed by atoms with van der Waals surface area (Å²) in [6, 6.07) is 14.1. The van der Waals surface area contributed by atoms with Crippen LogP contribution in [-0.2, 0) is 11.2 Å². The van der Waals surface area contributed by atoms with E-state index in [1.165, 1.54) is 12.1 Å². The molecule has 0 spiro atoms. The highest BCUT2D eigenvalue weighted by Crippen LogP contribution is 2.22. The van der Waals surface area contributed by atoms with Crippen molar-refractivity contribution in [3.63, 3.8) is 0 Å². The van der Waals surface area contributed by atoms with Gasteiger partial charge in [0.2, 0.25) is 5.91 Å². The number of rotatable bonds is 6. The molecule has 6 nitrogen and oxygen atoms in total. The summed E-state index contributed by atoms with van der Waals surface area (Å²) in [5.74, 6) is 1.74. The first kappa shape index (κ1) is 20.9. The molecule has 0 N–H and O–H groups in total. The van der Waals surface area contributed by atoms with Crippen LogP contribution in [0.3, 0.4) is 0 Å². The number of amides is 1. The third-order valence-corrected chi connectivity index (χ3v) is 5.52. The van der Waals surface area contributed by atoms with Crippen LogP contribution in [0.25, 0.3) is 11.3 Å². The Bertz CT molecular complexity index is 1000. The van der Waals surface area contributed by atoms with Crippen LogP contribution >= 0.6 is 0 Å². The standard InChI is InChI=1S/C24H26FN3O3/c1-30-21-9-7-20(8-10-21)27-13-2-14-28(16-15-27)24(29)12-11-23-26-17-22(31-23)18-3-5-19(25)6-4-18/h3-10,17H,2,11-16H2,1H3. The number of hydrogen-bond donors (Lipinski definition) is 0. The Kier molecular flexibility index (Phi) is 6.50. The summed E-state index contributed by atoms with van der Waals surface area (Å²) in [5, 5.41) is 0. The number of nitrogens with zero attached hydrogens (tertiary/aromatic N) is 3. The van der Waals surface area contributed by atoms with Gasteiger partial charge in [-0.25, -0.2) is 9.37 Å². The van der Waals surface area contributed by atoms with Crippen molar-refractivity contribution in [2.24, 2.45) is 0 Å². The number of aryl methyl sites for hydroxylation is 1. The van der Waals surface area contributed by atoms with Gasteiger partial charge in [-0.3, -0.25) is 4.79 Å². The lowest BCUT2D eigenvalue weighted by molar-refractivity contribution is -0.131. The Morgan fingerprint density at radius 1 is 1.06 bits per heavy atom. The molecule has 0 aliphatic carbocycles. The number of oxazole rings is 1. The molecule has 1 aliphatic rings. The van der Waals surface area contributed by atoms with Crippen molar-refractivity contribution in [3.05, 3.63) is 66.4 Å². The van der Waals surface area contributed by atoms with Gasteiger partial charge in [-0.2, -0.15) is 0 Å². The van der Waals surface area contributed by atoms with Crippen molar-refractivity contribution in [2.75, 3.05) is 38.2 Å². The van der Waals surface area contributed by atoms with Crippen molar-refractivity contribution in [1.29, 1.82) is 0 Å². The molecule has 4 rings (SSSR count). The molecule has 1 fully saturated rings. The Balaban J connectivity index is 1.29. The zero-order valence-electron chi connectivity index (χ0n) is 17.6. The van der Waals surface area contributed by atoms with Crippen LogP contribution in [0.15, 0.2) is 59.1 Å². The summed E-state index contributed by atoms with van der Waals surface area (Å²) in [4.78, 5) is 21.2. The van der Waals surface area contributed by atoms with Gasteiger partial charge in [0.1, 0.15) is 11.6 Å². The van der Waals surface area contributed by atoms with E-state index in [1.807, 2.05) is 17.0 Å². The third kappa shape index (κ3) is 5.23. The first-order chi connectivity index (χ1) is 15.1. The Hall–Kier alpha value is -3.35. The van der Waals surface area contributed by atoms with Crippen LogP contribution in [0, 0.1) is 5.82 Å². The second-order valence-electron chi connectivity index (χ2n) is 7.54. The number of halogens is 1. The van der Waals surface area contributed by atoms with Gasteiger partial charge >= 0.3 is 0 Å². The van der Waals surface area contributed by atoms with Gasteiger partial charge in [-0.15, -0.1) is 0 Å². The molecule has 31 heavy (non-hydrogen) atoms. The van der Waals surface area contributed by atoms with Crippen LogP contribution in [0.5, 0.6) is 5.75 Å². The van der Waals surface area contributed by atoms with Gasteiger partial charge in [-0.05, 0) is 55.0 Å². The number of anilines is 1. The lowest BCUT2D eigenvalue weighted by atomic mass is 10.2. The lowest BCUT2D eigenvalue weighted by Gasteiger charge is -2.24. The molecular weight excluding hydrogens is 397 g/mol. The smallest absolute Gasteiger partial charge is 0.223 e. The van der Waals surface area contributed by atoms with Crippen LogP contribution in [0.2, 0.25) is 0 Å². The quantitative estimate of drug-likeness (QED) is 0.596. The average molecular weight is 423 g/mol. The molecule has 7 heteroatoms. The maximum Gasteiger partial charge on any atom is 0.223 e. The molecule has 3 aromatic rings. The van der Waals surface area contributed by atoms with Gasteiger partial charge < -0.3 is 19.0 Å². The van der Waals surface area contributed by atoms with Gasteiger partial charge in [0.05, 0.1) is 13.3 Å². The minimum atomic E-state index is -0.294. The maximum absolute atomic E-state index is 13.1. The molecule has 0 unspecified atom stereocenters. The minimum Gasteiger partial charge on any atom is -0.497 e. The van der Waals surface area contributed by atoms with Crippen LogP contribution in [0.4, 0.5) is 10.1 Å². The van der Waals surface area contributed by atoms with E-state index in [0.717, 1.165) is 43.1 Å². The molecule has 1 amide bonds. The highest BCUT2D eigenvalue weighted by Gasteiger charge is 2.20. The third-order valence-electron chi connectivity index (χ3n) is 5.52. The number of benzene rings is 2. The summed E-state index contributed by atoms with van der Waals surface area (Å²) in [5.41, 5.74) is 1.90. The van der Waals surface area contributed by atoms with Crippen molar-refractivity contribution in [2.45, 2.75) is 19.3 Å². The zero-order chi connectivity index (χ0) is 21.6. The molecule has 0 atom stereocenters. The first-order valence-electron chi connectivity index (χ1n) is 10.5. The highest BCUT2D eigenvalue weighted by atomic mass is 19.1.